The quantitative estimate of drug-likeness (QED) is 0.780. The van der Waals surface area contributed by atoms with E-state index in [4.69, 9.17) is 20.9 Å². The topological polar surface area (TPSA) is 73.7 Å². The molecule has 1 aliphatic heterocycles. The van der Waals surface area contributed by atoms with Crippen molar-refractivity contribution in [2.45, 2.75) is 32.3 Å². The molecule has 3 rings (SSSR count). The van der Waals surface area contributed by atoms with E-state index in [-0.39, 0.29) is 6.10 Å². The molecule has 2 aromatic carbocycles. The maximum Gasteiger partial charge on any atom is 0.131 e. The Balaban J connectivity index is 1.59. The molecule has 1 unspecified atom stereocenters. The number of benzene rings is 2. The minimum absolute atomic E-state index is 0.139. The number of nitrogens with two attached hydrogens (primary N) is 2. The van der Waals surface area contributed by atoms with Crippen LogP contribution in [0.1, 0.15) is 26.2 Å². The van der Waals surface area contributed by atoms with Gasteiger partial charge in [-0.15, -0.1) is 0 Å². The molecule has 1 saturated heterocycles. The minimum atomic E-state index is 0.139. The number of likely N-dealkylation sites (tertiary alicyclic amines) is 1. The van der Waals surface area contributed by atoms with Gasteiger partial charge in [0.1, 0.15) is 23.4 Å². The van der Waals surface area contributed by atoms with Crippen LogP contribution in [0.15, 0.2) is 42.5 Å². The van der Waals surface area contributed by atoms with Crippen molar-refractivity contribution in [2.75, 3.05) is 31.1 Å². The Bertz CT molecular complexity index is 699. The van der Waals surface area contributed by atoms with Gasteiger partial charge in [-0.1, -0.05) is 12.5 Å². The van der Waals surface area contributed by atoms with Crippen molar-refractivity contribution in [1.82, 2.24) is 4.90 Å². The van der Waals surface area contributed by atoms with Crippen molar-refractivity contribution in [1.29, 1.82) is 0 Å². The van der Waals surface area contributed by atoms with Crippen LogP contribution in [-0.4, -0.2) is 30.6 Å². The van der Waals surface area contributed by atoms with Crippen molar-refractivity contribution in [3.05, 3.63) is 42.5 Å². The highest BCUT2D eigenvalue weighted by Crippen LogP contribution is 2.29. The number of hydrogen-bond donors (Lipinski definition) is 2. The first kappa shape index (κ1) is 17.4. The summed E-state index contributed by atoms with van der Waals surface area (Å²) in [6.45, 7) is 5.42. The molecule has 0 bridgehead atoms. The molecule has 2 aromatic rings. The highest BCUT2D eigenvalue weighted by Gasteiger charge is 2.14. The van der Waals surface area contributed by atoms with Gasteiger partial charge in [0.15, 0.2) is 0 Å². The SMILES string of the molecule is CC(CN1CCCCC1)Oc1cccc(Oc2ccc(N)c(N)c2)c1. The Morgan fingerprint density at radius 2 is 1.64 bits per heavy atom. The molecule has 0 radical (unpaired) electrons. The molecular formula is C20H27N3O2. The molecule has 0 aliphatic carbocycles. The number of nitrogen functional groups attached to an aromatic ring is 2. The van der Waals surface area contributed by atoms with Crippen LogP contribution in [-0.2, 0) is 0 Å². The number of piperidine rings is 1. The van der Waals surface area contributed by atoms with Gasteiger partial charge in [0, 0.05) is 18.7 Å². The van der Waals surface area contributed by atoms with Crippen molar-refractivity contribution in [3.63, 3.8) is 0 Å². The predicted molar refractivity (Wildman–Crippen MR) is 102 cm³/mol. The second-order valence-electron chi connectivity index (χ2n) is 6.66. The zero-order valence-electron chi connectivity index (χ0n) is 14.8. The zero-order chi connectivity index (χ0) is 17.6. The van der Waals surface area contributed by atoms with Crippen LogP contribution in [0.5, 0.6) is 17.2 Å². The number of ether oxygens (including phenoxy) is 2. The summed E-state index contributed by atoms with van der Waals surface area (Å²) in [6, 6.07) is 13.0. The lowest BCUT2D eigenvalue weighted by Gasteiger charge is -2.29. The lowest BCUT2D eigenvalue weighted by molar-refractivity contribution is 0.130. The van der Waals surface area contributed by atoms with Crippen LogP contribution in [0.2, 0.25) is 0 Å². The Morgan fingerprint density at radius 3 is 2.40 bits per heavy atom. The van der Waals surface area contributed by atoms with Crippen LogP contribution >= 0.6 is 0 Å². The molecule has 0 saturated carbocycles. The monoisotopic (exact) mass is 341 g/mol. The Kier molecular flexibility index (Phi) is 5.66. The molecule has 0 spiro atoms. The van der Waals surface area contributed by atoms with E-state index >= 15 is 0 Å². The summed E-state index contributed by atoms with van der Waals surface area (Å²) in [4.78, 5) is 2.48. The summed E-state index contributed by atoms with van der Waals surface area (Å²) in [6.07, 6.45) is 4.07. The highest BCUT2D eigenvalue weighted by molar-refractivity contribution is 5.65. The average Bonchev–Trinajstić information content (AvgIpc) is 2.59. The summed E-state index contributed by atoms with van der Waals surface area (Å²) >= 11 is 0. The molecule has 1 atom stereocenters. The summed E-state index contributed by atoms with van der Waals surface area (Å²) < 4.78 is 11.9. The van der Waals surface area contributed by atoms with Crippen molar-refractivity contribution < 1.29 is 9.47 Å². The Labute approximate surface area is 149 Å². The third-order valence-electron chi connectivity index (χ3n) is 4.40. The summed E-state index contributed by atoms with van der Waals surface area (Å²) in [7, 11) is 0. The van der Waals surface area contributed by atoms with E-state index in [1.54, 1.807) is 18.2 Å². The van der Waals surface area contributed by atoms with E-state index in [0.717, 1.165) is 12.3 Å². The lowest BCUT2D eigenvalue weighted by atomic mass is 10.1. The summed E-state index contributed by atoms with van der Waals surface area (Å²) in [5.74, 6) is 2.18. The van der Waals surface area contributed by atoms with Gasteiger partial charge < -0.3 is 20.9 Å². The average molecular weight is 341 g/mol. The van der Waals surface area contributed by atoms with Gasteiger partial charge in [0.2, 0.25) is 0 Å². The first-order valence-corrected chi connectivity index (χ1v) is 8.92. The Morgan fingerprint density at radius 1 is 0.920 bits per heavy atom. The third-order valence-corrected chi connectivity index (χ3v) is 4.40. The summed E-state index contributed by atoms with van der Waals surface area (Å²) in [5.41, 5.74) is 12.6. The van der Waals surface area contributed by atoms with E-state index < -0.39 is 0 Å². The molecule has 1 fully saturated rings. The largest absolute Gasteiger partial charge is 0.489 e. The number of nitrogens with zero attached hydrogens (tertiary/aromatic N) is 1. The van der Waals surface area contributed by atoms with Gasteiger partial charge in [-0.25, -0.2) is 0 Å². The second kappa shape index (κ2) is 8.12. The first-order valence-electron chi connectivity index (χ1n) is 8.92. The van der Waals surface area contributed by atoms with Crippen molar-refractivity contribution >= 4 is 11.4 Å². The van der Waals surface area contributed by atoms with Crippen LogP contribution in [0, 0.1) is 0 Å². The lowest BCUT2D eigenvalue weighted by Crippen LogP contribution is -2.37. The molecule has 1 aliphatic rings. The fourth-order valence-electron chi connectivity index (χ4n) is 3.14. The molecule has 4 N–H and O–H groups in total. The molecule has 0 amide bonds. The van der Waals surface area contributed by atoms with Crippen LogP contribution in [0.3, 0.4) is 0 Å². The highest BCUT2D eigenvalue weighted by atomic mass is 16.5. The third kappa shape index (κ3) is 5.03. The zero-order valence-corrected chi connectivity index (χ0v) is 14.8. The maximum absolute atomic E-state index is 6.07. The van der Waals surface area contributed by atoms with Gasteiger partial charge in [0.25, 0.3) is 0 Å². The normalized spacial score (nSPS) is 16.4. The van der Waals surface area contributed by atoms with E-state index in [2.05, 4.69) is 11.8 Å². The van der Waals surface area contributed by atoms with E-state index in [0.29, 0.717) is 22.9 Å². The fraction of sp³-hybridized carbons (Fsp3) is 0.400. The molecule has 5 heteroatoms. The van der Waals surface area contributed by atoms with Crippen molar-refractivity contribution in [3.8, 4) is 17.2 Å². The standard InChI is InChI=1S/C20H27N3O2/c1-15(14-23-10-3-2-4-11-23)24-16-6-5-7-17(12-16)25-18-8-9-19(21)20(22)13-18/h5-9,12-13,15H,2-4,10-11,14,21-22H2,1H3. The fourth-order valence-corrected chi connectivity index (χ4v) is 3.14. The van der Waals surface area contributed by atoms with Crippen LogP contribution in [0.25, 0.3) is 0 Å². The van der Waals surface area contributed by atoms with Gasteiger partial charge >= 0.3 is 0 Å². The van der Waals surface area contributed by atoms with Crippen LogP contribution < -0.4 is 20.9 Å². The van der Waals surface area contributed by atoms with Gasteiger partial charge in [-0.3, -0.25) is 4.90 Å². The van der Waals surface area contributed by atoms with E-state index in [1.807, 2.05) is 24.3 Å². The molecule has 0 aromatic heterocycles. The number of hydrogen-bond acceptors (Lipinski definition) is 5. The molecule has 5 nitrogen and oxygen atoms in total. The Hall–Kier alpha value is -2.40. The molecule has 134 valence electrons. The molecule has 25 heavy (non-hydrogen) atoms. The van der Waals surface area contributed by atoms with Gasteiger partial charge in [-0.2, -0.15) is 0 Å². The van der Waals surface area contributed by atoms with Crippen LogP contribution in [0.4, 0.5) is 11.4 Å². The second-order valence-corrected chi connectivity index (χ2v) is 6.66. The number of anilines is 2. The number of rotatable bonds is 6. The smallest absolute Gasteiger partial charge is 0.131 e. The molecule has 1 heterocycles. The van der Waals surface area contributed by atoms with Gasteiger partial charge in [0.05, 0.1) is 11.4 Å². The molecular weight excluding hydrogens is 314 g/mol. The van der Waals surface area contributed by atoms with E-state index in [1.165, 1.54) is 32.4 Å². The van der Waals surface area contributed by atoms with Gasteiger partial charge in [-0.05, 0) is 57.1 Å². The summed E-state index contributed by atoms with van der Waals surface area (Å²) in [5, 5.41) is 0. The maximum atomic E-state index is 6.07. The minimum Gasteiger partial charge on any atom is -0.489 e. The first-order chi connectivity index (χ1) is 12.1. The van der Waals surface area contributed by atoms with E-state index in [9.17, 15) is 0 Å². The predicted octanol–water partition coefficient (Wildman–Crippen LogP) is 3.90. The van der Waals surface area contributed by atoms with Crippen molar-refractivity contribution in [2.24, 2.45) is 0 Å².